The number of aryl methyl sites for hydroxylation is 2. The highest BCUT2D eigenvalue weighted by Crippen LogP contribution is 2.71. The number of benzene rings is 1. The molecule has 1 N–H and O–H groups in total. The predicted octanol–water partition coefficient (Wildman–Crippen LogP) is 3.72. The molecule has 38 heavy (non-hydrogen) atoms. The maximum absolute atomic E-state index is 14.6. The number of β-amino-alcohol motifs (C(OH)–C–C–N with tert-alkyl or cyclic N) is 1. The van der Waals surface area contributed by atoms with Crippen molar-refractivity contribution in [2.75, 3.05) is 37.7 Å². The summed E-state index contributed by atoms with van der Waals surface area (Å²) in [6.07, 6.45) is 5.68. The first-order valence-corrected chi connectivity index (χ1v) is 14.4. The van der Waals surface area contributed by atoms with Crippen LogP contribution in [0.15, 0.2) is 43.5 Å². The predicted molar refractivity (Wildman–Crippen MR) is 153 cm³/mol. The molecule has 0 aromatic heterocycles. The van der Waals surface area contributed by atoms with Gasteiger partial charge in [-0.3, -0.25) is 14.4 Å². The number of nitrogens with zero attached hydrogens (tertiary/aromatic N) is 3. The summed E-state index contributed by atoms with van der Waals surface area (Å²) >= 11 is 1.66. The van der Waals surface area contributed by atoms with Crippen LogP contribution in [-0.2, 0) is 14.4 Å². The highest BCUT2D eigenvalue weighted by molar-refractivity contribution is 8.02. The summed E-state index contributed by atoms with van der Waals surface area (Å²) in [4.78, 5) is 47.9. The van der Waals surface area contributed by atoms with Crippen molar-refractivity contribution in [3.05, 3.63) is 54.6 Å². The number of carbonyl (C=O) groups excluding carboxylic acids is 3. The number of aliphatic hydroxyl groups excluding tert-OH is 1. The summed E-state index contributed by atoms with van der Waals surface area (Å²) in [6.45, 7) is 16.9. The molecule has 3 aliphatic rings. The maximum atomic E-state index is 14.6. The Morgan fingerprint density at radius 2 is 1.82 bits per heavy atom. The van der Waals surface area contributed by atoms with Crippen molar-refractivity contribution < 1.29 is 19.5 Å². The van der Waals surface area contributed by atoms with Gasteiger partial charge in [0.2, 0.25) is 11.8 Å². The maximum Gasteiger partial charge on any atom is 0.251 e. The van der Waals surface area contributed by atoms with Crippen LogP contribution in [0.3, 0.4) is 0 Å². The molecule has 3 heterocycles. The fourth-order valence-corrected chi connectivity index (χ4v) is 9.49. The van der Waals surface area contributed by atoms with Crippen molar-refractivity contribution in [3.8, 4) is 0 Å². The summed E-state index contributed by atoms with van der Waals surface area (Å²) < 4.78 is -1.16. The minimum absolute atomic E-state index is 0.0311. The number of aliphatic hydroxyl groups is 1. The Morgan fingerprint density at radius 1 is 1.16 bits per heavy atom. The number of hydrogen-bond donors (Lipinski definition) is 1. The quantitative estimate of drug-likeness (QED) is 0.434. The van der Waals surface area contributed by atoms with Crippen molar-refractivity contribution in [1.82, 2.24) is 9.80 Å². The van der Waals surface area contributed by atoms with E-state index in [-0.39, 0.29) is 30.9 Å². The molecular weight excluding hydrogens is 498 g/mol. The first-order valence-electron chi connectivity index (χ1n) is 13.6. The third kappa shape index (κ3) is 4.30. The van der Waals surface area contributed by atoms with Crippen LogP contribution >= 0.6 is 11.8 Å². The minimum atomic E-state index is -0.769. The normalized spacial score (nSPS) is 29.3. The van der Waals surface area contributed by atoms with Crippen LogP contribution in [0.25, 0.3) is 0 Å². The monoisotopic (exact) mass is 539 g/mol. The lowest BCUT2D eigenvalue weighted by molar-refractivity contribution is -0.145. The second kappa shape index (κ2) is 10.9. The van der Waals surface area contributed by atoms with E-state index in [2.05, 4.69) is 20.1 Å². The van der Waals surface area contributed by atoms with Gasteiger partial charge in [0, 0.05) is 36.6 Å². The van der Waals surface area contributed by atoms with Crippen LogP contribution < -0.4 is 4.90 Å². The molecular formula is C30H41N3O4S. The molecule has 3 aliphatic heterocycles. The summed E-state index contributed by atoms with van der Waals surface area (Å²) in [5, 5.41) is 9.95. The van der Waals surface area contributed by atoms with Gasteiger partial charge in [-0.2, -0.15) is 0 Å². The van der Waals surface area contributed by atoms with Gasteiger partial charge >= 0.3 is 0 Å². The second-order valence-electron chi connectivity index (χ2n) is 11.0. The molecule has 2 bridgehead atoms. The van der Waals surface area contributed by atoms with Gasteiger partial charge < -0.3 is 19.8 Å². The SMILES string of the molecule is C=CCN(CCC)C(=O)[C@@H]1[C@H]2C(=O)N(CCO)C(C(=O)N(CC=C)c3c(C)cccc3C)C23CC[C@@]1(C)S3. The molecule has 0 aliphatic carbocycles. The zero-order valence-corrected chi connectivity index (χ0v) is 23.9. The van der Waals surface area contributed by atoms with E-state index in [9.17, 15) is 19.5 Å². The van der Waals surface area contributed by atoms with Crippen molar-refractivity contribution in [2.45, 2.75) is 62.5 Å². The number of amides is 3. The highest BCUT2D eigenvalue weighted by atomic mass is 32.2. The van der Waals surface area contributed by atoms with Gasteiger partial charge in [-0.1, -0.05) is 37.3 Å². The summed E-state index contributed by atoms with van der Waals surface area (Å²) in [5.41, 5.74) is 2.76. The van der Waals surface area contributed by atoms with E-state index in [1.165, 1.54) is 0 Å². The van der Waals surface area contributed by atoms with Crippen molar-refractivity contribution in [1.29, 1.82) is 0 Å². The van der Waals surface area contributed by atoms with Gasteiger partial charge in [0.05, 0.1) is 23.2 Å². The number of rotatable bonds is 11. The molecule has 3 amide bonds. The molecule has 1 spiro atoms. The second-order valence-corrected chi connectivity index (χ2v) is 12.9. The van der Waals surface area contributed by atoms with Gasteiger partial charge in [0.15, 0.2) is 0 Å². The fourth-order valence-electron chi connectivity index (χ4n) is 7.14. The smallest absolute Gasteiger partial charge is 0.251 e. The molecule has 2 unspecified atom stereocenters. The van der Waals surface area contributed by atoms with E-state index in [0.29, 0.717) is 26.1 Å². The molecule has 1 aromatic carbocycles. The molecule has 7 nitrogen and oxygen atoms in total. The molecule has 5 atom stereocenters. The lowest BCUT2D eigenvalue weighted by Crippen LogP contribution is -2.55. The summed E-state index contributed by atoms with van der Waals surface area (Å²) in [5.74, 6) is -1.52. The number of likely N-dealkylation sites (tertiary alicyclic amines) is 1. The molecule has 3 saturated heterocycles. The van der Waals surface area contributed by atoms with E-state index in [0.717, 1.165) is 29.7 Å². The lowest BCUT2D eigenvalue weighted by Gasteiger charge is -2.38. The van der Waals surface area contributed by atoms with Crippen LogP contribution in [0.4, 0.5) is 5.69 Å². The number of para-hydroxylation sites is 1. The Balaban J connectivity index is 1.82. The van der Waals surface area contributed by atoms with E-state index in [1.54, 1.807) is 38.6 Å². The number of thioether (sulfide) groups is 1. The van der Waals surface area contributed by atoms with Gasteiger partial charge in [-0.05, 0) is 51.2 Å². The van der Waals surface area contributed by atoms with Crippen molar-refractivity contribution in [3.63, 3.8) is 0 Å². The largest absolute Gasteiger partial charge is 0.395 e. The lowest BCUT2D eigenvalue weighted by atomic mass is 9.66. The third-order valence-corrected chi connectivity index (χ3v) is 10.5. The molecule has 4 rings (SSSR count). The highest BCUT2D eigenvalue weighted by Gasteiger charge is 2.77. The molecule has 0 saturated carbocycles. The number of fused-ring (bicyclic) bond motifs is 1. The van der Waals surface area contributed by atoms with E-state index in [4.69, 9.17) is 0 Å². The Labute approximate surface area is 230 Å². The first kappa shape index (κ1) is 28.4. The van der Waals surface area contributed by atoms with E-state index in [1.807, 2.05) is 39.0 Å². The molecule has 1 aromatic rings. The van der Waals surface area contributed by atoms with E-state index >= 15 is 0 Å². The average Bonchev–Trinajstić information content (AvgIpc) is 3.43. The summed E-state index contributed by atoms with van der Waals surface area (Å²) in [7, 11) is 0. The van der Waals surface area contributed by atoms with Crippen molar-refractivity contribution >= 4 is 35.2 Å². The average molecular weight is 540 g/mol. The summed E-state index contributed by atoms with van der Waals surface area (Å²) in [6, 6.07) is 5.15. The Bertz CT molecular complexity index is 1120. The van der Waals surface area contributed by atoms with Gasteiger partial charge in [-0.15, -0.1) is 24.9 Å². The Morgan fingerprint density at radius 3 is 2.39 bits per heavy atom. The molecule has 206 valence electrons. The number of anilines is 1. The van der Waals surface area contributed by atoms with Gasteiger partial charge in [0.25, 0.3) is 5.91 Å². The Hall–Kier alpha value is -2.58. The third-order valence-electron chi connectivity index (χ3n) is 8.56. The van der Waals surface area contributed by atoms with E-state index < -0.39 is 27.4 Å². The zero-order chi connectivity index (χ0) is 27.8. The topological polar surface area (TPSA) is 81.2 Å². The van der Waals surface area contributed by atoms with Crippen molar-refractivity contribution in [2.24, 2.45) is 11.8 Å². The number of carbonyl (C=O) groups is 3. The van der Waals surface area contributed by atoms with Gasteiger partial charge in [-0.25, -0.2) is 0 Å². The van der Waals surface area contributed by atoms with Crippen LogP contribution in [0, 0.1) is 25.7 Å². The first-order chi connectivity index (χ1) is 18.1. The minimum Gasteiger partial charge on any atom is -0.395 e. The van der Waals surface area contributed by atoms with Crippen LogP contribution in [0.5, 0.6) is 0 Å². The fraction of sp³-hybridized carbons (Fsp3) is 0.567. The van der Waals surface area contributed by atoms with Crippen LogP contribution in [0.1, 0.15) is 44.2 Å². The molecule has 3 fully saturated rings. The standard InChI is InChI=1S/C30H41N3O4S/c1-7-15-31(16-8-2)26(35)22-23-27(36)33(18-19-34)25(30(23)14-13-29(22,6)38-30)28(37)32(17-9-3)24-20(4)11-10-12-21(24)5/h7,9-12,22-23,25,34H,1,3,8,13-19H2,2,4-6H3/t22-,23-,25?,29+,30?/m0/s1. The van der Waals surface area contributed by atoms with Gasteiger partial charge in [0.1, 0.15) is 6.04 Å². The Kier molecular flexibility index (Phi) is 8.15. The molecule has 0 radical (unpaired) electrons. The zero-order valence-electron chi connectivity index (χ0n) is 23.1. The van der Waals surface area contributed by atoms with Crippen LogP contribution in [0.2, 0.25) is 0 Å². The number of hydrogen-bond acceptors (Lipinski definition) is 5. The molecule has 8 heteroatoms. The van der Waals surface area contributed by atoms with Crippen LogP contribution in [-0.4, -0.2) is 80.9 Å².